The molecule has 2 saturated heterocycles. The zero-order valence-corrected chi connectivity index (χ0v) is 55.7. The highest BCUT2D eigenvalue weighted by Gasteiger charge is 2.39. The third kappa shape index (κ3) is 23.5. The van der Waals surface area contributed by atoms with E-state index in [1.807, 2.05) is 0 Å². The first-order valence-corrected chi connectivity index (χ1v) is 34.2. The highest BCUT2D eigenvalue weighted by Crippen LogP contribution is 2.25. The first kappa shape index (κ1) is 77.3. The van der Waals surface area contributed by atoms with Gasteiger partial charge < -0.3 is 106 Å². The lowest BCUT2D eigenvalue weighted by Crippen LogP contribution is -2.61. The fourth-order valence-electron chi connectivity index (χ4n) is 10.6. The number of hydrogen-bond donors (Lipinski definition) is 19. The molecule has 0 saturated carbocycles. The molecule has 35 heteroatoms. The Bertz CT molecular complexity index is 3490. The lowest BCUT2D eigenvalue weighted by Gasteiger charge is -2.29. The van der Waals surface area contributed by atoms with Crippen LogP contribution >= 0.6 is 21.6 Å². The van der Waals surface area contributed by atoms with Crippen LogP contribution in [0.3, 0.4) is 0 Å². The Balaban J connectivity index is 1.37. The summed E-state index contributed by atoms with van der Waals surface area (Å²) in [6.07, 6.45) is 0.994. The van der Waals surface area contributed by atoms with Gasteiger partial charge in [0.2, 0.25) is 70.9 Å². The van der Waals surface area contributed by atoms with Crippen LogP contribution in [0.1, 0.15) is 69.1 Å². The number of aliphatic imine (C=N–C) groups is 1. The normalized spacial score (nSPS) is 22.9. The van der Waals surface area contributed by atoms with Crippen molar-refractivity contribution >= 4 is 109 Å². The van der Waals surface area contributed by atoms with Crippen LogP contribution in [0.2, 0.25) is 0 Å². The number of benzene rings is 3. The van der Waals surface area contributed by atoms with E-state index >= 15 is 0 Å². The van der Waals surface area contributed by atoms with Gasteiger partial charge >= 0.3 is 0 Å². The smallest absolute Gasteiger partial charge is 0.245 e. The minimum atomic E-state index is -1.80. The number of amides is 12. The van der Waals surface area contributed by atoms with Crippen LogP contribution in [0, 0.1) is 5.92 Å². The van der Waals surface area contributed by atoms with Crippen molar-refractivity contribution in [3.63, 3.8) is 0 Å². The molecule has 1 aromatic heterocycles. The Labute approximate surface area is 571 Å². The number of phenolic OH excluding ortho intramolecular Hbond substituents is 2. The van der Waals surface area contributed by atoms with Gasteiger partial charge in [0.15, 0.2) is 5.96 Å². The number of nitrogens with two attached hydrogens (primary N) is 4. The first-order chi connectivity index (χ1) is 46.8. The first-order valence-electron chi connectivity index (χ1n) is 31.7. The van der Waals surface area contributed by atoms with E-state index in [9.17, 15) is 78.0 Å². The van der Waals surface area contributed by atoms with Crippen molar-refractivity contribution in [1.29, 1.82) is 0 Å². The number of guanidine groups is 1. The van der Waals surface area contributed by atoms with Gasteiger partial charge in [-0.2, -0.15) is 0 Å². The van der Waals surface area contributed by atoms with Crippen molar-refractivity contribution in [2.24, 2.45) is 33.8 Å². The van der Waals surface area contributed by atoms with Gasteiger partial charge in [-0.3, -0.25) is 62.5 Å². The average Bonchev–Trinajstić information content (AvgIpc) is 1.59. The number of aromatic nitrogens is 1. The highest BCUT2D eigenvalue weighted by molar-refractivity contribution is 8.76. The molecule has 0 bridgehead atoms. The summed E-state index contributed by atoms with van der Waals surface area (Å²) in [4.78, 5) is 178. The third-order valence-electron chi connectivity index (χ3n) is 16.0. The Morgan fingerprint density at radius 3 is 1.92 bits per heavy atom. The van der Waals surface area contributed by atoms with Crippen LogP contribution in [-0.4, -0.2) is 218 Å². The second kappa shape index (κ2) is 38.3. The molecule has 532 valence electrons. The van der Waals surface area contributed by atoms with Crippen LogP contribution in [-0.2, 0) is 76.8 Å². The minimum absolute atomic E-state index is 0.00265. The molecule has 23 N–H and O–H groups in total. The number of aromatic hydroxyl groups is 2. The largest absolute Gasteiger partial charge is 0.508 e. The summed E-state index contributed by atoms with van der Waals surface area (Å²) in [5, 5.41) is 67.5. The van der Waals surface area contributed by atoms with E-state index in [1.54, 1.807) is 44.3 Å². The number of nitrogens with one attached hydrogen (secondary N) is 11. The zero-order chi connectivity index (χ0) is 71.6. The van der Waals surface area contributed by atoms with Gasteiger partial charge in [-0.25, -0.2) is 0 Å². The van der Waals surface area contributed by atoms with E-state index in [0.717, 1.165) is 21.6 Å². The van der Waals surface area contributed by atoms with Gasteiger partial charge in [0.1, 0.15) is 71.9 Å². The minimum Gasteiger partial charge on any atom is -0.508 e. The lowest BCUT2D eigenvalue weighted by atomic mass is 10.00. The van der Waals surface area contributed by atoms with E-state index in [0.29, 0.717) is 34.0 Å². The van der Waals surface area contributed by atoms with Crippen LogP contribution in [0.15, 0.2) is 84.0 Å². The molecule has 2 aliphatic heterocycles. The van der Waals surface area contributed by atoms with E-state index in [4.69, 9.17) is 22.9 Å². The van der Waals surface area contributed by atoms with Crippen LogP contribution in [0.25, 0.3) is 10.9 Å². The summed E-state index contributed by atoms with van der Waals surface area (Å²) in [6, 6.07) is 3.20. The molecule has 10 atom stereocenters. The maximum absolute atomic E-state index is 14.9. The van der Waals surface area contributed by atoms with Crippen molar-refractivity contribution in [3.05, 3.63) is 95.7 Å². The molecule has 0 unspecified atom stereocenters. The van der Waals surface area contributed by atoms with Crippen LogP contribution < -0.4 is 76.1 Å². The number of carbonyl (C=O) groups is 12. The topological polar surface area (TPSA) is 542 Å². The molecule has 3 heterocycles. The number of likely N-dealkylation sites (tertiary alicyclic amines) is 1. The molecule has 2 fully saturated rings. The summed E-state index contributed by atoms with van der Waals surface area (Å²) < 4.78 is 0. The van der Waals surface area contributed by atoms with Gasteiger partial charge in [0, 0.05) is 86.9 Å². The van der Waals surface area contributed by atoms with Crippen molar-refractivity contribution in [1.82, 2.24) is 63.1 Å². The summed E-state index contributed by atoms with van der Waals surface area (Å²) in [6.45, 7) is 0.946. The van der Waals surface area contributed by atoms with E-state index in [-0.39, 0.29) is 99.5 Å². The van der Waals surface area contributed by atoms with Crippen molar-refractivity contribution < 1.29 is 78.0 Å². The van der Waals surface area contributed by atoms with Gasteiger partial charge in [0.25, 0.3) is 0 Å². The van der Waals surface area contributed by atoms with E-state index in [2.05, 4.69) is 63.1 Å². The number of phenols is 2. The van der Waals surface area contributed by atoms with Gasteiger partial charge in [0.05, 0.1) is 13.2 Å². The molecule has 2 aliphatic rings. The fraction of sp³-hybridized carbons (Fsp3) is 0.476. The molecule has 0 aliphatic carbocycles. The molecular weight excluding hydrogens is 1310 g/mol. The monoisotopic (exact) mass is 1400 g/mol. The second-order valence-electron chi connectivity index (χ2n) is 23.7. The number of hydrogen-bond acceptors (Lipinski definition) is 20. The SMILES string of the molecule is CC(C)[C@@H]1NC(=O)[C@@H](NC(=O)[C@H](Cc2ccc(O)cc2)NC(=O)[C@@H]2CCCN2C(=O)CCN)CSSC[C@@H](C(N)=O)NC(=O)[C@H](CO)NC(=O)[C@H](Cc2c[nH]c3ccccc23)NC(=O)[C@H](CO)NC(=O)CCNC(=O)[C@H](CCCN=C(N)N)NC(=O)[C@H](Cc2ccc(O)cc2)NC1=O. The summed E-state index contributed by atoms with van der Waals surface area (Å²) in [5.41, 5.74) is 24.6. The van der Waals surface area contributed by atoms with Crippen molar-refractivity contribution in [2.45, 2.75) is 132 Å². The molecular formula is C63H87N17O16S2. The Kier molecular flexibility index (Phi) is 30.2. The quantitative estimate of drug-likeness (QED) is 0.0171. The molecule has 0 spiro atoms. The zero-order valence-electron chi connectivity index (χ0n) is 54.1. The predicted molar refractivity (Wildman–Crippen MR) is 362 cm³/mol. The number of carbonyl (C=O) groups excluding carboxylic acids is 12. The number of para-hydroxylation sites is 1. The molecule has 98 heavy (non-hydrogen) atoms. The van der Waals surface area contributed by atoms with E-state index < -0.39 is 157 Å². The number of rotatable bonds is 20. The lowest BCUT2D eigenvalue weighted by molar-refractivity contribution is -0.139. The van der Waals surface area contributed by atoms with Crippen molar-refractivity contribution in [3.8, 4) is 11.5 Å². The number of fused-ring (bicyclic) bond motifs is 1. The molecule has 12 amide bonds. The summed E-state index contributed by atoms with van der Waals surface area (Å²) >= 11 is 0. The molecule has 4 aromatic rings. The van der Waals surface area contributed by atoms with E-state index in [1.165, 1.54) is 53.4 Å². The average molecular weight is 1400 g/mol. The Hall–Kier alpha value is -9.71. The van der Waals surface area contributed by atoms with Crippen LogP contribution in [0.4, 0.5) is 0 Å². The standard InChI is InChI=1S/C63H87N17O16S2/c1-33(2)52-62(96)75-43(26-35-13-17-38(84)18-14-35)55(89)72-41(9-5-22-69-63(66)67)54(88)68-23-20-50(85)71-45(29-81)58(92)73-44(27-36-28-70-40-8-4-3-7-39(36)40)57(91)76-46(30-82)59(93)77-47(53(65)87)31-97-98-32-48(60(94)79-52)78-56(90)42(25-34-11-15-37(83)16-12-34)74-61(95)49-10-6-24-80(49)51(86)19-21-64/h3-4,7-8,11-18,28,33,41-49,52,70,81-84H,5-6,9-10,19-27,29-32,64H2,1-2H3,(H2,65,87)(H,68,88)(H,71,85)(H,72,89)(H,73,92)(H,74,95)(H,75,96)(H,76,91)(H,77,93)(H,78,90)(H,79,94)(H4,66,67,69)/t41-,42-,43-,44-,45-,46-,47-,48-,49-,52-/m0/s1. The van der Waals surface area contributed by atoms with Gasteiger partial charge in [-0.05, 0) is 78.6 Å². The Morgan fingerprint density at radius 1 is 0.684 bits per heavy atom. The third-order valence-corrected chi connectivity index (χ3v) is 18.4. The highest BCUT2D eigenvalue weighted by atomic mass is 33.1. The number of nitrogens with zero attached hydrogens (tertiary/aromatic N) is 2. The number of primary amides is 1. The number of aliphatic hydroxyl groups is 2. The summed E-state index contributed by atoms with van der Waals surface area (Å²) in [7, 11) is 1.74. The number of aliphatic hydroxyl groups excluding tert-OH is 2. The molecule has 33 nitrogen and oxygen atoms in total. The maximum Gasteiger partial charge on any atom is 0.245 e. The van der Waals surface area contributed by atoms with Crippen LogP contribution in [0.5, 0.6) is 11.5 Å². The predicted octanol–water partition coefficient (Wildman–Crippen LogP) is -4.61. The maximum atomic E-state index is 14.9. The summed E-state index contributed by atoms with van der Waals surface area (Å²) in [5.74, 6) is -12.8. The fourth-order valence-corrected chi connectivity index (χ4v) is 13.0. The Morgan fingerprint density at radius 2 is 1.28 bits per heavy atom. The van der Waals surface area contributed by atoms with Gasteiger partial charge in [-0.15, -0.1) is 0 Å². The molecule has 0 radical (unpaired) electrons. The van der Waals surface area contributed by atoms with Gasteiger partial charge in [-0.1, -0.05) is 77.9 Å². The molecule has 6 rings (SSSR count). The second-order valence-corrected chi connectivity index (χ2v) is 26.2. The number of H-pyrrole nitrogens is 1. The van der Waals surface area contributed by atoms with Crippen molar-refractivity contribution in [2.75, 3.05) is 50.9 Å². The number of aromatic amines is 1. The molecule has 3 aromatic carbocycles.